The van der Waals surface area contributed by atoms with Crippen molar-refractivity contribution in [3.05, 3.63) is 217 Å². The highest BCUT2D eigenvalue weighted by atomic mass is 16.3. The van der Waals surface area contributed by atoms with E-state index < -0.39 is 0 Å². The van der Waals surface area contributed by atoms with Crippen LogP contribution in [0.3, 0.4) is 0 Å². The molecule has 0 saturated heterocycles. The minimum Gasteiger partial charge on any atom is -0.456 e. The van der Waals surface area contributed by atoms with Crippen molar-refractivity contribution in [3.8, 4) is 33.4 Å². The second kappa shape index (κ2) is 13.8. The molecule has 270 valence electrons. The Kier molecular flexibility index (Phi) is 8.01. The molecule has 4 heteroatoms. The van der Waals surface area contributed by atoms with Crippen LogP contribution in [0.1, 0.15) is 29.0 Å². The lowest BCUT2D eigenvalue weighted by molar-refractivity contribution is 0.409. The van der Waals surface area contributed by atoms with Crippen molar-refractivity contribution in [2.45, 2.75) is 12.3 Å². The molecule has 1 aliphatic rings. The van der Waals surface area contributed by atoms with Gasteiger partial charge in [0.1, 0.15) is 29.3 Å². The van der Waals surface area contributed by atoms with Gasteiger partial charge in [-0.2, -0.15) is 0 Å². The van der Waals surface area contributed by atoms with Gasteiger partial charge in [-0.05, 0) is 96.4 Å². The van der Waals surface area contributed by atoms with Gasteiger partial charge in [0.25, 0.3) is 0 Å². The quantitative estimate of drug-likeness (QED) is 0.167. The lowest BCUT2D eigenvalue weighted by Gasteiger charge is -2.32. The number of hydrogen-bond acceptors (Lipinski definition) is 4. The fourth-order valence-corrected chi connectivity index (χ4v) is 8.44. The van der Waals surface area contributed by atoms with Crippen LogP contribution in [0.25, 0.3) is 76.9 Å². The maximum atomic E-state index is 6.56. The molecule has 1 aliphatic heterocycles. The summed E-state index contributed by atoms with van der Waals surface area (Å²) >= 11 is 0. The molecule has 1 aromatic heterocycles. The van der Waals surface area contributed by atoms with Gasteiger partial charge in [-0.3, -0.25) is 5.32 Å². The minimum absolute atomic E-state index is 0.117. The largest absolute Gasteiger partial charge is 0.456 e. The summed E-state index contributed by atoms with van der Waals surface area (Å²) in [7, 11) is 0. The van der Waals surface area contributed by atoms with Crippen molar-refractivity contribution >= 4 is 49.3 Å². The number of fused-ring (bicyclic) bond motifs is 6. The van der Waals surface area contributed by atoms with Crippen molar-refractivity contribution in [2.24, 2.45) is 4.99 Å². The number of rotatable bonds is 6. The van der Waals surface area contributed by atoms with Gasteiger partial charge in [0.15, 0.2) is 0 Å². The Bertz CT molecular complexity index is 3130. The number of hydrogen-bond donors (Lipinski definition) is 2. The molecule has 10 aromatic rings. The number of nitrogens with zero attached hydrogens (tertiary/aromatic N) is 1. The van der Waals surface area contributed by atoms with Crippen LogP contribution >= 0.6 is 0 Å². The van der Waals surface area contributed by atoms with Gasteiger partial charge in [0.2, 0.25) is 0 Å². The number of nitrogens with one attached hydrogen (secondary N) is 2. The molecule has 2 heterocycles. The van der Waals surface area contributed by atoms with E-state index in [4.69, 9.17) is 9.41 Å². The van der Waals surface area contributed by atoms with Gasteiger partial charge in [0.05, 0.1) is 0 Å². The standard InChI is InChI=1S/C53H37N3O/c1-3-11-34(12-4-1)40-16-9-17-43(31-40)53-55-51(38-14-5-2-6-15-38)54-52(56-53)39-26-23-36(24-27-39)45-19-10-20-48-50(45)46-30-29-42(33-49(46)57-48)41-28-25-37-22-21-35-13-7-8-18-44(35)47(37)32-41/h1-33,51-52,54H,(H,55,56). The van der Waals surface area contributed by atoms with E-state index in [0.717, 1.165) is 66.7 Å². The molecule has 0 amide bonds. The molecule has 0 aliphatic carbocycles. The molecule has 57 heavy (non-hydrogen) atoms. The van der Waals surface area contributed by atoms with Crippen molar-refractivity contribution in [2.75, 3.05) is 0 Å². The number of furan rings is 1. The highest BCUT2D eigenvalue weighted by molar-refractivity contribution is 6.13. The van der Waals surface area contributed by atoms with Gasteiger partial charge in [-0.15, -0.1) is 0 Å². The first kappa shape index (κ1) is 33.1. The van der Waals surface area contributed by atoms with E-state index in [1.807, 2.05) is 6.07 Å². The summed E-state index contributed by atoms with van der Waals surface area (Å²) in [6.07, 6.45) is -0.369. The van der Waals surface area contributed by atoms with Gasteiger partial charge in [-0.1, -0.05) is 170 Å². The summed E-state index contributed by atoms with van der Waals surface area (Å²) in [6.45, 7) is 0. The molecule has 2 unspecified atom stereocenters. The SMILES string of the molecule is c1ccc(-c2cccc(C3=NC(c4ccc(-c5cccc6oc7cc(-c8ccc9ccc%10ccccc%10c9c8)ccc7c56)cc4)NC(c4ccccc4)N3)c2)cc1. The lowest BCUT2D eigenvalue weighted by Crippen LogP contribution is -2.44. The zero-order valence-electron chi connectivity index (χ0n) is 31.1. The first-order chi connectivity index (χ1) is 28.2. The van der Waals surface area contributed by atoms with E-state index in [1.165, 1.54) is 32.7 Å². The second-order valence-electron chi connectivity index (χ2n) is 14.8. The summed E-state index contributed by atoms with van der Waals surface area (Å²) in [5.41, 5.74) is 12.0. The summed E-state index contributed by atoms with van der Waals surface area (Å²) < 4.78 is 6.56. The van der Waals surface area contributed by atoms with Crippen molar-refractivity contribution in [3.63, 3.8) is 0 Å². The van der Waals surface area contributed by atoms with Gasteiger partial charge >= 0.3 is 0 Å². The molecular weight excluding hydrogens is 695 g/mol. The third-order valence-electron chi connectivity index (χ3n) is 11.4. The summed E-state index contributed by atoms with van der Waals surface area (Å²) in [5, 5.41) is 14.7. The Morgan fingerprint density at radius 1 is 0.404 bits per heavy atom. The molecule has 2 atom stereocenters. The van der Waals surface area contributed by atoms with E-state index in [2.05, 4.69) is 205 Å². The van der Waals surface area contributed by atoms with E-state index in [9.17, 15) is 0 Å². The topological polar surface area (TPSA) is 49.6 Å². The Morgan fingerprint density at radius 2 is 1.05 bits per heavy atom. The van der Waals surface area contributed by atoms with Gasteiger partial charge < -0.3 is 9.73 Å². The molecule has 11 rings (SSSR count). The molecule has 2 N–H and O–H groups in total. The smallest absolute Gasteiger partial charge is 0.136 e. The normalized spacial score (nSPS) is 15.5. The molecule has 0 radical (unpaired) electrons. The molecular formula is C53H37N3O. The van der Waals surface area contributed by atoms with Crippen LogP contribution in [0, 0.1) is 0 Å². The van der Waals surface area contributed by atoms with Crippen LogP contribution in [-0.2, 0) is 0 Å². The summed E-state index contributed by atoms with van der Waals surface area (Å²) in [5.74, 6) is 0.862. The first-order valence-corrected chi connectivity index (χ1v) is 19.5. The minimum atomic E-state index is -0.252. The van der Waals surface area contributed by atoms with Crippen LogP contribution in [0.5, 0.6) is 0 Å². The predicted octanol–water partition coefficient (Wildman–Crippen LogP) is 13.2. The molecule has 0 spiro atoms. The van der Waals surface area contributed by atoms with Gasteiger partial charge in [0, 0.05) is 16.3 Å². The first-order valence-electron chi connectivity index (χ1n) is 19.5. The van der Waals surface area contributed by atoms with Crippen LogP contribution < -0.4 is 10.6 Å². The summed E-state index contributed by atoms with van der Waals surface area (Å²) in [6, 6.07) is 71.2. The fraction of sp³-hybridized carbons (Fsp3) is 0.0377. The molecule has 4 nitrogen and oxygen atoms in total. The predicted molar refractivity (Wildman–Crippen MR) is 236 cm³/mol. The maximum Gasteiger partial charge on any atom is 0.136 e. The van der Waals surface area contributed by atoms with E-state index in [1.54, 1.807) is 0 Å². The molecule has 9 aromatic carbocycles. The Labute approximate surface area is 330 Å². The average molecular weight is 732 g/mol. The highest BCUT2D eigenvalue weighted by Gasteiger charge is 2.26. The average Bonchev–Trinajstić information content (AvgIpc) is 3.68. The van der Waals surface area contributed by atoms with E-state index in [0.29, 0.717) is 0 Å². The summed E-state index contributed by atoms with van der Waals surface area (Å²) in [4.78, 5) is 5.26. The monoisotopic (exact) mass is 731 g/mol. The number of benzene rings is 9. The van der Waals surface area contributed by atoms with Crippen molar-refractivity contribution < 1.29 is 4.42 Å². The molecule has 0 bridgehead atoms. The Morgan fingerprint density at radius 3 is 1.91 bits per heavy atom. The van der Waals surface area contributed by atoms with E-state index in [-0.39, 0.29) is 12.3 Å². The third kappa shape index (κ3) is 6.04. The Balaban J connectivity index is 0.939. The second-order valence-corrected chi connectivity index (χ2v) is 14.8. The molecule has 0 saturated carbocycles. The number of amidine groups is 1. The maximum absolute atomic E-state index is 6.56. The zero-order valence-corrected chi connectivity index (χ0v) is 31.1. The lowest BCUT2D eigenvalue weighted by atomic mass is 9.95. The molecule has 0 fully saturated rings. The van der Waals surface area contributed by atoms with Crippen molar-refractivity contribution in [1.29, 1.82) is 0 Å². The van der Waals surface area contributed by atoms with Crippen molar-refractivity contribution in [1.82, 2.24) is 10.6 Å². The van der Waals surface area contributed by atoms with Crippen LogP contribution in [0.15, 0.2) is 210 Å². The number of aliphatic imine (C=N–C) groups is 1. The van der Waals surface area contributed by atoms with Crippen LogP contribution in [-0.4, -0.2) is 5.84 Å². The van der Waals surface area contributed by atoms with Crippen LogP contribution in [0.2, 0.25) is 0 Å². The van der Waals surface area contributed by atoms with Gasteiger partial charge in [-0.25, -0.2) is 4.99 Å². The van der Waals surface area contributed by atoms with Crippen LogP contribution in [0.4, 0.5) is 0 Å². The third-order valence-corrected chi connectivity index (χ3v) is 11.4. The zero-order chi connectivity index (χ0) is 37.7. The van der Waals surface area contributed by atoms with E-state index >= 15 is 0 Å². The fourth-order valence-electron chi connectivity index (χ4n) is 8.44. The highest BCUT2D eigenvalue weighted by Crippen LogP contribution is 2.39. The Hall–Kier alpha value is -7.27.